The van der Waals surface area contributed by atoms with Crippen LogP contribution in [0.15, 0.2) is 0 Å². The van der Waals surface area contributed by atoms with Crippen molar-refractivity contribution in [1.82, 2.24) is 0 Å². The summed E-state index contributed by atoms with van der Waals surface area (Å²) in [7, 11) is 0. The highest BCUT2D eigenvalue weighted by Gasteiger charge is 2.50. The van der Waals surface area contributed by atoms with E-state index < -0.39 is 0 Å². The summed E-state index contributed by atoms with van der Waals surface area (Å²) in [5, 5.41) is -0.365. The summed E-state index contributed by atoms with van der Waals surface area (Å²) in [5.41, 5.74) is -0.262. The van der Waals surface area contributed by atoms with Crippen LogP contribution in [0.1, 0.15) is 26.7 Å². The molecule has 0 bridgehead atoms. The Bertz CT molecular complexity index is 222. The zero-order valence-electron chi connectivity index (χ0n) is 7.09. The van der Waals surface area contributed by atoms with Gasteiger partial charge in [0.25, 0.3) is 0 Å². The van der Waals surface area contributed by atoms with Crippen molar-refractivity contribution in [3.8, 4) is 0 Å². The van der Waals surface area contributed by atoms with Gasteiger partial charge in [0.1, 0.15) is 0 Å². The Morgan fingerprint density at radius 3 is 2.50 bits per heavy atom. The van der Waals surface area contributed by atoms with E-state index in [-0.39, 0.29) is 22.7 Å². The zero-order chi connectivity index (χ0) is 9.35. The number of rotatable bonds is 4. The second kappa shape index (κ2) is 3.05. The molecule has 0 aromatic rings. The highest BCUT2D eigenvalue weighted by atomic mass is 35.5. The largest absolute Gasteiger partial charge is 0.447 e. The Labute approximate surface area is 76.0 Å². The van der Waals surface area contributed by atoms with Gasteiger partial charge in [-0.05, 0) is 18.0 Å². The molecule has 4 heteroatoms. The maximum absolute atomic E-state index is 10.6. The van der Waals surface area contributed by atoms with Gasteiger partial charge in [0.15, 0.2) is 0 Å². The van der Waals surface area contributed by atoms with E-state index in [1.165, 1.54) is 0 Å². The number of hydrogen-bond donors (Lipinski definition) is 0. The molecule has 1 saturated heterocycles. The fraction of sp³-hybridized carbons (Fsp3) is 0.750. The molecule has 1 aliphatic rings. The van der Waals surface area contributed by atoms with Gasteiger partial charge in [-0.2, -0.15) is 0 Å². The van der Waals surface area contributed by atoms with Crippen molar-refractivity contribution in [2.75, 3.05) is 0 Å². The predicted molar refractivity (Wildman–Crippen MR) is 43.8 cm³/mol. The van der Waals surface area contributed by atoms with Crippen LogP contribution in [0.5, 0.6) is 0 Å². The number of hydrogen-bond acceptors (Lipinski definition) is 3. The van der Waals surface area contributed by atoms with Crippen LogP contribution in [-0.4, -0.2) is 17.3 Å². The topological polar surface area (TPSA) is 46.7 Å². The van der Waals surface area contributed by atoms with Gasteiger partial charge >= 0.3 is 5.97 Å². The van der Waals surface area contributed by atoms with Gasteiger partial charge in [-0.1, -0.05) is 13.8 Å². The van der Waals surface area contributed by atoms with E-state index in [2.05, 4.69) is 0 Å². The van der Waals surface area contributed by atoms with E-state index in [0.717, 1.165) is 0 Å². The molecule has 0 saturated carbocycles. The molecule has 0 radical (unpaired) electrons. The lowest BCUT2D eigenvalue weighted by atomic mass is 9.84. The van der Waals surface area contributed by atoms with Gasteiger partial charge in [-0.25, -0.2) is 4.79 Å². The molecule has 1 atom stereocenters. The van der Waals surface area contributed by atoms with Crippen molar-refractivity contribution in [1.29, 1.82) is 0 Å². The Morgan fingerprint density at radius 2 is 2.17 bits per heavy atom. The van der Waals surface area contributed by atoms with E-state index in [1.54, 1.807) is 0 Å². The fourth-order valence-electron chi connectivity index (χ4n) is 1.11. The van der Waals surface area contributed by atoms with Crippen molar-refractivity contribution in [3.05, 3.63) is 0 Å². The first-order chi connectivity index (χ1) is 5.43. The minimum atomic E-state index is -0.365. The van der Waals surface area contributed by atoms with Crippen LogP contribution < -0.4 is 0 Å². The second-order valence-electron chi connectivity index (χ2n) is 3.66. The molecule has 68 valence electrons. The summed E-state index contributed by atoms with van der Waals surface area (Å²) in [5.74, 6) is -0.179. The third kappa shape index (κ3) is 2.21. The molecule has 0 spiro atoms. The number of carbonyl (C=O) groups excluding carboxylic acids is 2. The molecule has 0 aliphatic carbocycles. The van der Waals surface area contributed by atoms with Crippen LogP contribution in [0.4, 0.5) is 0 Å². The van der Waals surface area contributed by atoms with E-state index in [9.17, 15) is 9.59 Å². The molecule has 1 fully saturated rings. The molecule has 0 amide bonds. The first kappa shape index (κ1) is 9.52. The zero-order valence-corrected chi connectivity index (χ0v) is 7.85. The van der Waals surface area contributed by atoms with Crippen LogP contribution in [0.25, 0.3) is 0 Å². The molecule has 1 rings (SSSR count). The smallest absolute Gasteiger partial charge is 0.348 e. The Kier molecular flexibility index (Phi) is 2.42. The summed E-state index contributed by atoms with van der Waals surface area (Å²) < 4.78 is 4.72. The van der Waals surface area contributed by atoms with Crippen molar-refractivity contribution in [2.45, 2.75) is 32.8 Å². The molecule has 0 aromatic heterocycles. The Balaban J connectivity index is 2.38. The van der Waals surface area contributed by atoms with E-state index >= 15 is 0 Å². The lowest BCUT2D eigenvalue weighted by molar-refractivity contribution is -0.117. The summed E-state index contributed by atoms with van der Waals surface area (Å²) >= 11 is 5.18. The highest BCUT2D eigenvalue weighted by molar-refractivity contribution is 6.63. The maximum Gasteiger partial charge on any atom is 0.348 e. The minimum Gasteiger partial charge on any atom is -0.447 e. The van der Waals surface area contributed by atoms with Gasteiger partial charge in [-0.15, -0.1) is 0 Å². The van der Waals surface area contributed by atoms with E-state index in [1.807, 2.05) is 13.8 Å². The van der Waals surface area contributed by atoms with Crippen LogP contribution in [0.2, 0.25) is 0 Å². The number of epoxide rings is 1. The SMILES string of the molecule is CC(C)(CCC(=O)Cl)C1OC1=O. The van der Waals surface area contributed by atoms with Crippen LogP contribution in [0, 0.1) is 5.41 Å². The van der Waals surface area contributed by atoms with Crippen LogP contribution >= 0.6 is 11.6 Å². The molecule has 1 aliphatic heterocycles. The summed E-state index contributed by atoms with van der Waals surface area (Å²) in [6, 6.07) is 0. The van der Waals surface area contributed by atoms with Gasteiger partial charge in [-0.3, -0.25) is 4.79 Å². The third-order valence-electron chi connectivity index (χ3n) is 2.07. The summed E-state index contributed by atoms with van der Waals surface area (Å²) in [4.78, 5) is 21.1. The lowest BCUT2D eigenvalue weighted by Gasteiger charge is -2.18. The number of ether oxygens (including phenoxy) is 1. The van der Waals surface area contributed by atoms with Crippen molar-refractivity contribution < 1.29 is 14.3 Å². The first-order valence-electron chi connectivity index (χ1n) is 3.82. The maximum atomic E-state index is 10.6. The van der Waals surface area contributed by atoms with Gasteiger partial charge in [0, 0.05) is 11.8 Å². The number of halogens is 1. The quantitative estimate of drug-likeness (QED) is 0.499. The van der Waals surface area contributed by atoms with Crippen molar-refractivity contribution >= 4 is 22.8 Å². The standard InChI is InChI=1S/C8H11ClO3/c1-8(2,4-3-5(9)10)6-7(11)12-6/h6H,3-4H2,1-2H3. The lowest BCUT2D eigenvalue weighted by Crippen LogP contribution is -2.20. The molecule has 1 unspecified atom stereocenters. The average Bonchev–Trinajstić information content (AvgIpc) is 2.63. The second-order valence-corrected chi connectivity index (χ2v) is 4.08. The first-order valence-corrected chi connectivity index (χ1v) is 4.20. The highest BCUT2D eigenvalue weighted by Crippen LogP contribution is 2.37. The molecule has 0 N–H and O–H groups in total. The minimum absolute atomic E-state index is 0.179. The third-order valence-corrected chi connectivity index (χ3v) is 2.26. The van der Waals surface area contributed by atoms with E-state index in [0.29, 0.717) is 12.8 Å². The molecule has 12 heavy (non-hydrogen) atoms. The molecular formula is C8H11ClO3. The van der Waals surface area contributed by atoms with Gasteiger partial charge in [0.05, 0.1) is 0 Å². The normalized spacial score (nSPS) is 21.9. The predicted octanol–water partition coefficient (Wildman–Crippen LogP) is 1.48. The molecule has 3 nitrogen and oxygen atoms in total. The van der Waals surface area contributed by atoms with Crippen LogP contribution in [-0.2, 0) is 14.3 Å². The monoisotopic (exact) mass is 190 g/mol. The molecular weight excluding hydrogens is 180 g/mol. The van der Waals surface area contributed by atoms with Crippen molar-refractivity contribution in [3.63, 3.8) is 0 Å². The summed E-state index contributed by atoms with van der Waals surface area (Å²) in [6.45, 7) is 3.78. The number of cyclic esters (lactones) is 1. The average molecular weight is 191 g/mol. The molecule has 0 aromatic carbocycles. The Hall–Kier alpha value is -0.570. The summed E-state index contributed by atoms with van der Waals surface area (Å²) in [6.07, 6.45) is 0.557. The van der Waals surface area contributed by atoms with Gasteiger partial charge < -0.3 is 4.74 Å². The van der Waals surface area contributed by atoms with E-state index in [4.69, 9.17) is 16.3 Å². The molecule has 1 heterocycles. The van der Waals surface area contributed by atoms with Crippen molar-refractivity contribution in [2.24, 2.45) is 5.41 Å². The van der Waals surface area contributed by atoms with Crippen LogP contribution in [0.3, 0.4) is 0 Å². The van der Waals surface area contributed by atoms with Gasteiger partial charge in [0.2, 0.25) is 11.3 Å². The fourth-order valence-corrected chi connectivity index (χ4v) is 1.21. The number of carbonyl (C=O) groups is 2. The Morgan fingerprint density at radius 1 is 1.67 bits per heavy atom.